The quantitative estimate of drug-likeness (QED) is 0.611. The van der Waals surface area contributed by atoms with Crippen LogP contribution in [0.5, 0.6) is 0 Å². The molecule has 0 bridgehead atoms. The molecule has 0 fully saturated rings. The molecular weight excluding hydrogens is 320 g/mol. The average Bonchev–Trinajstić information content (AvgIpc) is 2.68. The Labute approximate surface area is 154 Å². The zero-order valence-corrected chi connectivity index (χ0v) is 15.6. The first kappa shape index (κ1) is 17.7. The van der Waals surface area contributed by atoms with Gasteiger partial charge in [0.15, 0.2) is 0 Å². The minimum absolute atomic E-state index is 0.846. The highest BCUT2D eigenvalue weighted by atomic mass is 14.8. The predicted molar refractivity (Wildman–Crippen MR) is 108 cm³/mol. The van der Waals surface area contributed by atoms with Crippen molar-refractivity contribution >= 4 is 23.8 Å². The summed E-state index contributed by atoms with van der Waals surface area (Å²) >= 11 is 0. The van der Waals surface area contributed by atoms with Gasteiger partial charge in [-0.05, 0) is 74.2 Å². The van der Waals surface area contributed by atoms with Crippen LogP contribution in [0.2, 0.25) is 0 Å². The molecule has 0 radical (unpaired) electrons. The van der Waals surface area contributed by atoms with Crippen LogP contribution in [0.15, 0.2) is 58.8 Å². The lowest BCUT2D eigenvalue weighted by atomic mass is 9.96. The summed E-state index contributed by atoms with van der Waals surface area (Å²) in [6.45, 7) is 8.36. The van der Waals surface area contributed by atoms with Crippen molar-refractivity contribution in [1.29, 1.82) is 0 Å². The van der Waals surface area contributed by atoms with Gasteiger partial charge >= 0.3 is 0 Å². The third-order valence-corrected chi connectivity index (χ3v) is 4.57. The van der Waals surface area contributed by atoms with Crippen LogP contribution in [0.4, 0.5) is 11.4 Å². The Morgan fingerprint density at radius 3 is 1.31 bits per heavy atom. The van der Waals surface area contributed by atoms with E-state index in [-0.39, 0.29) is 0 Å². The molecule has 0 aliphatic carbocycles. The van der Waals surface area contributed by atoms with E-state index in [0.717, 1.165) is 45.0 Å². The van der Waals surface area contributed by atoms with E-state index in [1.165, 1.54) is 0 Å². The van der Waals surface area contributed by atoms with Crippen LogP contribution < -0.4 is 0 Å². The number of aromatic nitrogens is 2. The first-order chi connectivity index (χ1) is 12.6. The molecule has 130 valence electrons. The second-order valence-electron chi connectivity index (χ2n) is 6.22. The van der Waals surface area contributed by atoms with Crippen molar-refractivity contribution in [3.63, 3.8) is 0 Å². The van der Waals surface area contributed by atoms with Crippen molar-refractivity contribution in [1.82, 2.24) is 9.97 Å². The lowest BCUT2D eigenvalue weighted by Crippen LogP contribution is -1.94. The molecule has 0 unspecified atom stereocenters. The highest BCUT2D eigenvalue weighted by Crippen LogP contribution is 2.37. The standard InChI is InChI=1S/C22H22N4/c1-15-16(2)22(26-14-20-10-6-8-12-24-20)18(4)17(3)21(15)25-13-19-9-5-7-11-23-19/h5-14H,1-4H3/b25-13+,26-14+. The van der Waals surface area contributed by atoms with Gasteiger partial charge in [0.1, 0.15) is 0 Å². The predicted octanol–water partition coefficient (Wildman–Crippen LogP) is 5.21. The van der Waals surface area contributed by atoms with E-state index in [1.54, 1.807) is 12.4 Å². The lowest BCUT2D eigenvalue weighted by Gasteiger charge is -2.15. The molecule has 0 aliphatic rings. The molecule has 0 amide bonds. The van der Waals surface area contributed by atoms with Crippen LogP contribution in [-0.2, 0) is 0 Å². The van der Waals surface area contributed by atoms with E-state index in [4.69, 9.17) is 9.98 Å². The molecule has 0 atom stereocenters. The minimum Gasteiger partial charge on any atom is -0.255 e. The number of aliphatic imine (C=N–C) groups is 2. The summed E-state index contributed by atoms with van der Waals surface area (Å²) in [7, 11) is 0. The fraction of sp³-hybridized carbons (Fsp3) is 0.182. The smallest absolute Gasteiger partial charge is 0.0812 e. The summed E-state index contributed by atoms with van der Waals surface area (Å²) in [6.07, 6.45) is 7.16. The Morgan fingerprint density at radius 2 is 1.00 bits per heavy atom. The normalized spacial score (nSPS) is 11.5. The van der Waals surface area contributed by atoms with Crippen molar-refractivity contribution in [3.05, 3.63) is 82.4 Å². The minimum atomic E-state index is 0.846. The molecule has 0 aliphatic heterocycles. The molecule has 2 heterocycles. The molecule has 1 aromatic carbocycles. The topological polar surface area (TPSA) is 50.5 Å². The fourth-order valence-electron chi connectivity index (χ4n) is 2.83. The van der Waals surface area contributed by atoms with Gasteiger partial charge in [0.25, 0.3) is 0 Å². The number of rotatable bonds is 4. The zero-order chi connectivity index (χ0) is 18.5. The van der Waals surface area contributed by atoms with Crippen LogP contribution in [0.1, 0.15) is 33.6 Å². The summed E-state index contributed by atoms with van der Waals surface area (Å²) in [4.78, 5) is 18.0. The van der Waals surface area contributed by atoms with Gasteiger partial charge in [0.2, 0.25) is 0 Å². The Kier molecular flexibility index (Phi) is 5.32. The molecule has 2 aromatic heterocycles. The first-order valence-corrected chi connectivity index (χ1v) is 8.58. The highest BCUT2D eigenvalue weighted by molar-refractivity contribution is 5.84. The van der Waals surface area contributed by atoms with E-state index >= 15 is 0 Å². The average molecular weight is 342 g/mol. The number of pyridine rings is 2. The second-order valence-corrected chi connectivity index (χ2v) is 6.22. The molecular formula is C22H22N4. The molecule has 0 saturated heterocycles. The van der Waals surface area contributed by atoms with Gasteiger partial charge in [0, 0.05) is 12.4 Å². The van der Waals surface area contributed by atoms with Crippen LogP contribution in [0, 0.1) is 27.7 Å². The van der Waals surface area contributed by atoms with Gasteiger partial charge in [-0.2, -0.15) is 0 Å². The van der Waals surface area contributed by atoms with Crippen molar-refractivity contribution in [3.8, 4) is 0 Å². The first-order valence-electron chi connectivity index (χ1n) is 8.58. The van der Waals surface area contributed by atoms with Gasteiger partial charge in [-0.25, -0.2) is 0 Å². The SMILES string of the molecule is Cc1c(C)c(/N=C/c2ccccn2)c(C)c(C)c1/N=C/c1ccccn1. The summed E-state index contributed by atoms with van der Waals surface area (Å²) in [5.74, 6) is 0. The van der Waals surface area contributed by atoms with Crippen LogP contribution in [-0.4, -0.2) is 22.4 Å². The van der Waals surface area contributed by atoms with Crippen LogP contribution >= 0.6 is 0 Å². The van der Waals surface area contributed by atoms with Gasteiger partial charge in [-0.3, -0.25) is 20.0 Å². The van der Waals surface area contributed by atoms with Crippen LogP contribution in [0.3, 0.4) is 0 Å². The van der Waals surface area contributed by atoms with Crippen molar-refractivity contribution in [2.75, 3.05) is 0 Å². The zero-order valence-electron chi connectivity index (χ0n) is 15.6. The van der Waals surface area contributed by atoms with Crippen molar-refractivity contribution < 1.29 is 0 Å². The maximum atomic E-state index is 4.70. The Morgan fingerprint density at radius 1 is 0.615 bits per heavy atom. The molecule has 0 N–H and O–H groups in total. The lowest BCUT2D eigenvalue weighted by molar-refractivity contribution is 1.20. The monoisotopic (exact) mass is 342 g/mol. The number of hydrogen-bond donors (Lipinski definition) is 0. The molecule has 0 saturated carbocycles. The Bertz CT molecular complexity index is 849. The van der Waals surface area contributed by atoms with Crippen molar-refractivity contribution in [2.24, 2.45) is 9.98 Å². The van der Waals surface area contributed by atoms with E-state index in [1.807, 2.05) is 48.8 Å². The maximum absolute atomic E-state index is 4.70. The van der Waals surface area contributed by atoms with E-state index in [0.29, 0.717) is 0 Å². The highest BCUT2D eigenvalue weighted by Gasteiger charge is 2.13. The largest absolute Gasteiger partial charge is 0.255 e. The number of hydrogen-bond acceptors (Lipinski definition) is 4. The molecule has 3 aromatic rings. The molecule has 0 spiro atoms. The third-order valence-electron chi connectivity index (χ3n) is 4.57. The van der Waals surface area contributed by atoms with E-state index < -0.39 is 0 Å². The molecule has 4 heteroatoms. The molecule has 26 heavy (non-hydrogen) atoms. The van der Waals surface area contributed by atoms with Crippen molar-refractivity contribution in [2.45, 2.75) is 27.7 Å². The maximum Gasteiger partial charge on any atom is 0.0812 e. The summed E-state index contributed by atoms with van der Waals surface area (Å²) < 4.78 is 0. The van der Waals surface area contributed by atoms with Gasteiger partial charge in [-0.1, -0.05) is 12.1 Å². The summed E-state index contributed by atoms with van der Waals surface area (Å²) in [6, 6.07) is 11.6. The number of nitrogens with zero attached hydrogens (tertiary/aromatic N) is 4. The Balaban J connectivity index is 2.00. The van der Waals surface area contributed by atoms with Crippen LogP contribution in [0.25, 0.3) is 0 Å². The van der Waals surface area contributed by atoms with E-state index in [9.17, 15) is 0 Å². The van der Waals surface area contributed by atoms with Gasteiger partial charge < -0.3 is 0 Å². The van der Waals surface area contributed by atoms with Gasteiger partial charge in [0.05, 0.1) is 35.2 Å². The van der Waals surface area contributed by atoms with E-state index in [2.05, 4.69) is 37.7 Å². The molecule has 4 nitrogen and oxygen atoms in total. The van der Waals surface area contributed by atoms with Gasteiger partial charge in [-0.15, -0.1) is 0 Å². The Hall–Kier alpha value is -3.14. The summed E-state index contributed by atoms with van der Waals surface area (Å²) in [5, 5.41) is 0. The second kappa shape index (κ2) is 7.83. The number of benzene rings is 1. The molecule has 3 rings (SSSR count). The summed E-state index contributed by atoms with van der Waals surface area (Å²) in [5.41, 5.74) is 8.20. The third kappa shape index (κ3) is 3.75. The fourth-order valence-corrected chi connectivity index (χ4v) is 2.83.